The Bertz CT molecular complexity index is 1270. The summed E-state index contributed by atoms with van der Waals surface area (Å²) in [4.78, 5) is 4.43. The fourth-order valence-electron chi connectivity index (χ4n) is 2.83. The molecular formula is C20H14FN5O2S. The molecule has 0 radical (unpaired) electrons. The molecule has 9 heteroatoms. The number of aromatic nitrogens is 4. The molecule has 0 saturated heterocycles. The van der Waals surface area contributed by atoms with Crippen LogP contribution in [0.2, 0.25) is 0 Å². The molecule has 0 spiro atoms. The standard InChI is InChI=1S/C20H14FN5O2S/c1-26-16-9-5-4-8-15(16)23-18(26)13(10-22)17(27)11-29-20-25-24-19(28-20)12-6-2-3-7-14(12)21/h2-9,27H,11H2,1H3/b17-13-. The third-order valence-electron chi connectivity index (χ3n) is 4.25. The van der Waals surface area contributed by atoms with E-state index in [1.54, 1.807) is 23.7 Å². The number of aliphatic hydroxyl groups is 1. The molecule has 4 aromatic rings. The van der Waals surface area contributed by atoms with E-state index in [1.807, 2.05) is 30.3 Å². The summed E-state index contributed by atoms with van der Waals surface area (Å²) >= 11 is 1.04. The Morgan fingerprint density at radius 3 is 2.72 bits per heavy atom. The van der Waals surface area contributed by atoms with Gasteiger partial charge in [0.25, 0.3) is 11.1 Å². The van der Waals surface area contributed by atoms with Gasteiger partial charge in [-0.1, -0.05) is 36.0 Å². The molecule has 0 aliphatic rings. The van der Waals surface area contributed by atoms with Crippen molar-refractivity contribution in [2.45, 2.75) is 5.22 Å². The summed E-state index contributed by atoms with van der Waals surface area (Å²) in [5.41, 5.74) is 1.83. The number of benzene rings is 2. The number of hydrogen-bond donors (Lipinski definition) is 1. The van der Waals surface area contributed by atoms with Crippen molar-refractivity contribution in [1.82, 2.24) is 19.7 Å². The van der Waals surface area contributed by atoms with Crippen molar-refractivity contribution >= 4 is 28.4 Å². The number of allylic oxidation sites excluding steroid dienone is 1. The van der Waals surface area contributed by atoms with Crippen LogP contribution in [0, 0.1) is 17.1 Å². The highest BCUT2D eigenvalue weighted by molar-refractivity contribution is 7.99. The van der Waals surface area contributed by atoms with Gasteiger partial charge in [0.15, 0.2) is 5.82 Å². The van der Waals surface area contributed by atoms with Crippen LogP contribution in [-0.4, -0.2) is 30.6 Å². The summed E-state index contributed by atoms with van der Waals surface area (Å²) in [5, 5.41) is 27.9. The minimum atomic E-state index is -0.468. The average molecular weight is 407 g/mol. The maximum atomic E-state index is 13.8. The summed E-state index contributed by atoms with van der Waals surface area (Å²) in [6.07, 6.45) is 0. The van der Waals surface area contributed by atoms with Gasteiger partial charge in [0.1, 0.15) is 23.2 Å². The van der Waals surface area contributed by atoms with Crippen LogP contribution in [0.4, 0.5) is 4.39 Å². The quantitative estimate of drug-likeness (QED) is 0.298. The summed E-state index contributed by atoms with van der Waals surface area (Å²) in [5.74, 6) is -0.203. The van der Waals surface area contributed by atoms with Gasteiger partial charge in [-0.3, -0.25) is 0 Å². The maximum Gasteiger partial charge on any atom is 0.277 e. The Morgan fingerprint density at radius 1 is 1.21 bits per heavy atom. The molecule has 1 N–H and O–H groups in total. The smallest absolute Gasteiger partial charge is 0.277 e. The van der Waals surface area contributed by atoms with Gasteiger partial charge in [-0.25, -0.2) is 9.37 Å². The molecule has 0 amide bonds. The van der Waals surface area contributed by atoms with Crippen molar-refractivity contribution in [2.75, 3.05) is 5.75 Å². The van der Waals surface area contributed by atoms with Gasteiger partial charge in [0.2, 0.25) is 0 Å². The average Bonchev–Trinajstić information content (AvgIpc) is 3.33. The molecule has 0 saturated carbocycles. The Labute approximate surface area is 169 Å². The Balaban J connectivity index is 1.57. The molecule has 0 aliphatic heterocycles. The third-order valence-corrected chi connectivity index (χ3v) is 5.08. The molecule has 29 heavy (non-hydrogen) atoms. The van der Waals surface area contributed by atoms with Gasteiger partial charge in [0.05, 0.1) is 22.3 Å². The molecule has 0 bridgehead atoms. The first-order chi connectivity index (χ1) is 14.1. The topological polar surface area (TPSA) is 101 Å². The molecule has 2 aromatic heterocycles. The van der Waals surface area contributed by atoms with E-state index in [0.29, 0.717) is 5.82 Å². The first-order valence-corrected chi connectivity index (χ1v) is 9.52. The molecule has 0 aliphatic carbocycles. The van der Waals surface area contributed by atoms with Crippen LogP contribution in [0.1, 0.15) is 5.82 Å². The molecule has 2 heterocycles. The minimum absolute atomic E-state index is 0.0189. The highest BCUT2D eigenvalue weighted by atomic mass is 32.2. The molecule has 144 valence electrons. The molecule has 0 fully saturated rings. The zero-order chi connectivity index (χ0) is 20.4. The number of nitrogens with zero attached hydrogens (tertiary/aromatic N) is 5. The molecule has 0 unspecified atom stereocenters. The molecule has 2 aromatic carbocycles. The van der Waals surface area contributed by atoms with Crippen LogP contribution in [0.3, 0.4) is 0 Å². The van der Waals surface area contributed by atoms with Gasteiger partial charge in [-0.05, 0) is 24.3 Å². The second kappa shape index (κ2) is 7.77. The van der Waals surface area contributed by atoms with Gasteiger partial charge >= 0.3 is 0 Å². The van der Waals surface area contributed by atoms with E-state index >= 15 is 0 Å². The van der Waals surface area contributed by atoms with E-state index < -0.39 is 5.82 Å². The number of para-hydroxylation sites is 2. The fraction of sp³-hybridized carbons (Fsp3) is 0.100. The lowest BCUT2D eigenvalue weighted by atomic mass is 10.2. The second-order valence-electron chi connectivity index (χ2n) is 6.06. The number of nitriles is 1. The number of rotatable bonds is 5. The summed E-state index contributed by atoms with van der Waals surface area (Å²) in [6, 6.07) is 15.5. The Kier molecular flexibility index (Phi) is 5.01. The number of halogens is 1. The fourth-order valence-corrected chi connectivity index (χ4v) is 3.47. The van der Waals surface area contributed by atoms with Gasteiger partial charge in [0, 0.05) is 7.05 Å². The van der Waals surface area contributed by atoms with Crippen LogP contribution in [0.25, 0.3) is 28.1 Å². The first-order valence-electron chi connectivity index (χ1n) is 8.53. The number of hydrogen-bond acceptors (Lipinski definition) is 7. The van der Waals surface area contributed by atoms with E-state index in [4.69, 9.17) is 4.42 Å². The van der Waals surface area contributed by atoms with E-state index in [9.17, 15) is 14.8 Å². The zero-order valence-electron chi connectivity index (χ0n) is 15.2. The van der Waals surface area contributed by atoms with Gasteiger partial charge in [-0.15, -0.1) is 10.2 Å². The van der Waals surface area contributed by atoms with Crippen molar-refractivity contribution in [3.05, 3.63) is 65.9 Å². The molecule has 0 atom stereocenters. The number of aliphatic hydroxyl groups excluding tert-OH is 1. The zero-order valence-corrected chi connectivity index (χ0v) is 16.0. The summed E-state index contributed by atoms with van der Waals surface area (Å²) < 4.78 is 21.0. The van der Waals surface area contributed by atoms with E-state index in [-0.39, 0.29) is 33.8 Å². The minimum Gasteiger partial charge on any atom is -0.510 e. The van der Waals surface area contributed by atoms with Crippen LogP contribution >= 0.6 is 11.8 Å². The van der Waals surface area contributed by atoms with Crippen LogP contribution in [0.5, 0.6) is 0 Å². The Morgan fingerprint density at radius 2 is 1.97 bits per heavy atom. The van der Waals surface area contributed by atoms with Crippen LogP contribution in [0.15, 0.2) is 63.9 Å². The summed E-state index contributed by atoms with van der Waals surface area (Å²) in [7, 11) is 1.78. The van der Waals surface area contributed by atoms with Crippen LogP contribution in [-0.2, 0) is 7.05 Å². The predicted molar refractivity (Wildman–Crippen MR) is 106 cm³/mol. The number of aryl methyl sites for hydroxylation is 1. The highest BCUT2D eigenvalue weighted by Crippen LogP contribution is 2.28. The normalized spacial score (nSPS) is 12.0. The SMILES string of the molecule is Cn1c(/C(C#N)=C(\O)CSc2nnc(-c3ccccc3F)o2)nc2ccccc21. The van der Waals surface area contributed by atoms with Crippen molar-refractivity contribution < 1.29 is 13.9 Å². The Hall–Kier alpha value is -3.64. The molecule has 4 rings (SSSR count). The number of imidazole rings is 1. The van der Waals surface area contributed by atoms with E-state index in [2.05, 4.69) is 15.2 Å². The van der Waals surface area contributed by atoms with Crippen LogP contribution < -0.4 is 0 Å². The van der Waals surface area contributed by atoms with E-state index in [1.165, 1.54) is 12.1 Å². The van der Waals surface area contributed by atoms with Gasteiger partial charge < -0.3 is 14.1 Å². The van der Waals surface area contributed by atoms with Crippen molar-refractivity contribution in [3.8, 4) is 17.5 Å². The molecule has 7 nitrogen and oxygen atoms in total. The van der Waals surface area contributed by atoms with Crippen molar-refractivity contribution in [1.29, 1.82) is 5.26 Å². The van der Waals surface area contributed by atoms with E-state index in [0.717, 1.165) is 22.8 Å². The first kappa shape index (κ1) is 18.7. The molecular weight excluding hydrogens is 393 g/mol. The number of thioether (sulfide) groups is 1. The van der Waals surface area contributed by atoms with Crippen molar-refractivity contribution in [2.24, 2.45) is 7.05 Å². The lowest BCUT2D eigenvalue weighted by Gasteiger charge is -2.04. The second-order valence-corrected chi connectivity index (χ2v) is 6.98. The third kappa shape index (κ3) is 3.58. The van der Waals surface area contributed by atoms with Gasteiger partial charge in [-0.2, -0.15) is 5.26 Å². The lowest BCUT2D eigenvalue weighted by Crippen LogP contribution is -2.00. The largest absolute Gasteiger partial charge is 0.510 e. The maximum absolute atomic E-state index is 13.8. The van der Waals surface area contributed by atoms with Crippen molar-refractivity contribution in [3.63, 3.8) is 0 Å². The lowest BCUT2D eigenvalue weighted by molar-refractivity contribution is 0.418. The monoisotopic (exact) mass is 407 g/mol. The predicted octanol–water partition coefficient (Wildman–Crippen LogP) is 4.35. The number of fused-ring (bicyclic) bond motifs is 1. The summed E-state index contributed by atoms with van der Waals surface area (Å²) in [6.45, 7) is 0. The highest BCUT2D eigenvalue weighted by Gasteiger charge is 2.18.